The van der Waals surface area contributed by atoms with Crippen molar-refractivity contribution >= 4 is 5.91 Å². The van der Waals surface area contributed by atoms with Crippen LogP contribution in [0.4, 0.5) is 0 Å². The van der Waals surface area contributed by atoms with E-state index < -0.39 is 6.04 Å². The van der Waals surface area contributed by atoms with Gasteiger partial charge in [0.2, 0.25) is 5.91 Å². The largest absolute Gasteiger partial charge is 0.493 e. The third kappa shape index (κ3) is 6.17. The van der Waals surface area contributed by atoms with Crippen LogP contribution < -0.4 is 15.8 Å². The van der Waals surface area contributed by atoms with Gasteiger partial charge in [-0.2, -0.15) is 0 Å². The SMILES string of the molecule is CC(C)COc1cccc(CNC(=O)[C@@H](N)C(C)(C)C)c1. The Morgan fingerprint density at radius 3 is 2.57 bits per heavy atom. The Hall–Kier alpha value is -1.55. The van der Waals surface area contributed by atoms with E-state index in [1.807, 2.05) is 45.0 Å². The van der Waals surface area contributed by atoms with Gasteiger partial charge in [0, 0.05) is 6.54 Å². The highest BCUT2D eigenvalue weighted by atomic mass is 16.5. The number of benzene rings is 1. The van der Waals surface area contributed by atoms with Crippen molar-refractivity contribution < 1.29 is 9.53 Å². The molecule has 1 aromatic rings. The fourth-order valence-corrected chi connectivity index (χ4v) is 1.70. The number of carbonyl (C=O) groups is 1. The molecular formula is C17H28N2O2. The lowest BCUT2D eigenvalue weighted by Crippen LogP contribution is -2.48. The van der Waals surface area contributed by atoms with Gasteiger partial charge in [-0.25, -0.2) is 0 Å². The molecule has 0 saturated carbocycles. The van der Waals surface area contributed by atoms with E-state index in [1.54, 1.807) is 0 Å². The molecule has 0 bridgehead atoms. The van der Waals surface area contributed by atoms with E-state index in [4.69, 9.17) is 10.5 Å². The molecule has 0 aliphatic carbocycles. The third-order valence-electron chi connectivity index (χ3n) is 3.16. The predicted octanol–water partition coefficient (Wildman–Crippen LogP) is 2.71. The van der Waals surface area contributed by atoms with Crippen LogP contribution in [-0.2, 0) is 11.3 Å². The van der Waals surface area contributed by atoms with E-state index in [9.17, 15) is 4.79 Å². The summed E-state index contributed by atoms with van der Waals surface area (Å²) in [5.41, 5.74) is 6.69. The maximum atomic E-state index is 12.0. The normalized spacial score (nSPS) is 13.1. The van der Waals surface area contributed by atoms with Gasteiger partial charge in [-0.05, 0) is 29.0 Å². The van der Waals surface area contributed by atoms with Crippen molar-refractivity contribution in [2.24, 2.45) is 17.1 Å². The zero-order valence-electron chi connectivity index (χ0n) is 13.8. The van der Waals surface area contributed by atoms with Crippen LogP contribution in [0.2, 0.25) is 0 Å². The zero-order valence-corrected chi connectivity index (χ0v) is 13.8. The van der Waals surface area contributed by atoms with Crippen LogP contribution >= 0.6 is 0 Å². The summed E-state index contributed by atoms with van der Waals surface area (Å²) >= 11 is 0. The fraction of sp³-hybridized carbons (Fsp3) is 0.588. The smallest absolute Gasteiger partial charge is 0.237 e. The van der Waals surface area contributed by atoms with Crippen LogP contribution in [0, 0.1) is 11.3 Å². The monoisotopic (exact) mass is 292 g/mol. The molecule has 0 fully saturated rings. The Morgan fingerprint density at radius 2 is 2.00 bits per heavy atom. The number of nitrogens with two attached hydrogens (primary N) is 1. The number of hydrogen-bond donors (Lipinski definition) is 2. The molecule has 3 N–H and O–H groups in total. The molecule has 1 atom stereocenters. The zero-order chi connectivity index (χ0) is 16.0. The van der Waals surface area contributed by atoms with Crippen LogP contribution in [-0.4, -0.2) is 18.6 Å². The second kappa shape index (κ2) is 7.46. The van der Waals surface area contributed by atoms with Crippen molar-refractivity contribution in [3.63, 3.8) is 0 Å². The molecule has 21 heavy (non-hydrogen) atoms. The number of nitrogens with one attached hydrogen (secondary N) is 1. The molecule has 1 rings (SSSR count). The first kappa shape index (κ1) is 17.5. The Kier molecular flexibility index (Phi) is 6.21. The van der Waals surface area contributed by atoms with Gasteiger partial charge in [-0.1, -0.05) is 46.8 Å². The van der Waals surface area contributed by atoms with E-state index in [2.05, 4.69) is 19.2 Å². The minimum atomic E-state index is -0.516. The number of carbonyl (C=O) groups excluding carboxylic acids is 1. The van der Waals surface area contributed by atoms with Crippen LogP contribution in [0.1, 0.15) is 40.2 Å². The molecule has 0 saturated heterocycles. The van der Waals surface area contributed by atoms with Gasteiger partial charge >= 0.3 is 0 Å². The second-order valence-electron chi connectivity index (χ2n) is 6.91. The van der Waals surface area contributed by atoms with Gasteiger partial charge in [0.25, 0.3) is 0 Å². The topological polar surface area (TPSA) is 64.3 Å². The Balaban J connectivity index is 2.56. The molecule has 0 spiro atoms. The van der Waals surface area contributed by atoms with E-state index >= 15 is 0 Å². The highest BCUT2D eigenvalue weighted by Gasteiger charge is 2.27. The van der Waals surface area contributed by atoms with Crippen LogP contribution in [0.25, 0.3) is 0 Å². The third-order valence-corrected chi connectivity index (χ3v) is 3.16. The number of ether oxygens (including phenoxy) is 1. The van der Waals surface area contributed by atoms with Gasteiger partial charge in [-0.15, -0.1) is 0 Å². The first-order chi connectivity index (χ1) is 9.70. The molecule has 0 radical (unpaired) electrons. The number of amides is 1. The van der Waals surface area contributed by atoms with E-state index in [1.165, 1.54) is 0 Å². The molecule has 0 heterocycles. The molecule has 4 heteroatoms. The van der Waals surface area contributed by atoms with Crippen molar-refractivity contribution in [1.29, 1.82) is 0 Å². The quantitative estimate of drug-likeness (QED) is 0.847. The van der Waals surface area contributed by atoms with Gasteiger partial charge in [0.1, 0.15) is 5.75 Å². The highest BCUT2D eigenvalue weighted by Crippen LogP contribution is 2.18. The fourth-order valence-electron chi connectivity index (χ4n) is 1.70. The van der Waals surface area contributed by atoms with Crippen molar-refractivity contribution in [2.45, 2.75) is 47.2 Å². The predicted molar refractivity (Wildman–Crippen MR) is 86.1 cm³/mol. The molecule has 0 aliphatic heterocycles. The van der Waals surface area contributed by atoms with Gasteiger partial charge < -0.3 is 15.8 Å². The van der Waals surface area contributed by atoms with E-state index in [0.29, 0.717) is 19.1 Å². The standard InChI is InChI=1S/C17H28N2O2/c1-12(2)11-21-14-8-6-7-13(9-14)10-19-16(20)15(18)17(3,4)5/h6-9,12,15H,10-11,18H2,1-5H3,(H,19,20)/t15-/m1/s1. The first-order valence-corrected chi connectivity index (χ1v) is 7.45. The first-order valence-electron chi connectivity index (χ1n) is 7.45. The minimum Gasteiger partial charge on any atom is -0.493 e. The molecule has 118 valence electrons. The van der Waals surface area contributed by atoms with Crippen LogP contribution in [0.3, 0.4) is 0 Å². The summed E-state index contributed by atoms with van der Waals surface area (Å²) in [6.45, 7) is 11.2. The summed E-state index contributed by atoms with van der Waals surface area (Å²) < 4.78 is 5.68. The van der Waals surface area contributed by atoms with Crippen molar-refractivity contribution in [3.05, 3.63) is 29.8 Å². The van der Waals surface area contributed by atoms with Crippen LogP contribution in [0.5, 0.6) is 5.75 Å². The van der Waals surface area contributed by atoms with E-state index in [0.717, 1.165) is 11.3 Å². The van der Waals surface area contributed by atoms with Gasteiger partial charge in [0.15, 0.2) is 0 Å². The maximum absolute atomic E-state index is 12.0. The molecular weight excluding hydrogens is 264 g/mol. The van der Waals surface area contributed by atoms with Gasteiger partial charge in [0.05, 0.1) is 12.6 Å². The second-order valence-corrected chi connectivity index (χ2v) is 6.91. The summed E-state index contributed by atoms with van der Waals surface area (Å²) in [5.74, 6) is 1.18. The average Bonchev–Trinajstić information content (AvgIpc) is 2.41. The van der Waals surface area contributed by atoms with Crippen molar-refractivity contribution in [2.75, 3.05) is 6.61 Å². The summed E-state index contributed by atoms with van der Waals surface area (Å²) in [6.07, 6.45) is 0. The maximum Gasteiger partial charge on any atom is 0.237 e. The van der Waals surface area contributed by atoms with Gasteiger partial charge in [-0.3, -0.25) is 4.79 Å². The number of hydrogen-bond acceptors (Lipinski definition) is 3. The number of rotatable bonds is 6. The molecule has 0 unspecified atom stereocenters. The lowest BCUT2D eigenvalue weighted by molar-refractivity contribution is -0.124. The average molecular weight is 292 g/mol. The minimum absolute atomic E-state index is 0.129. The molecule has 0 aromatic heterocycles. The Labute approximate surface area is 128 Å². The van der Waals surface area contributed by atoms with Crippen molar-refractivity contribution in [3.8, 4) is 5.75 Å². The molecule has 0 aliphatic rings. The summed E-state index contributed by atoms with van der Waals surface area (Å²) in [7, 11) is 0. The van der Waals surface area contributed by atoms with Crippen molar-refractivity contribution in [1.82, 2.24) is 5.32 Å². The molecule has 4 nitrogen and oxygen atoms in total. The summed E-state index contributed by atoms with van der Waals surface area (Å²) in [6, 6.07) is 7.25. The molecule has 1 aromatic carbocycles. The Morgan fingerprint density at radius 1 is 1.33 bits per heavy atom. The lowest BCUT2D eigenvalue weighted by Gasteiger charge is -2.25. The summed E-state index contributed by atoms with van der Waals surface area (Å²) in [5, 5.41) is 2.88. The van der Waals surface area contributed by atoms with E-state index in [-0.39, 0.29) is 11.3 Å². The van der Waals surface area contributed by atoms with Crippen LogP contribution in [0.15, 0.2) is 24.3 Å². The lowest BCUT2D eigenvalue weighted by atomic mass is 9.87. The Bertz CT molecular complexity index is 464. The highest BCUT2D eigenvalue weighted by molar-refractivity contribution is 5.82. The molecule has 1 amide bonds. The summed E-state index contributed by atoms with van der Waals surface area (Å²) in [4.78, 5) is 12.0.